The molecule has 1 aromatic rings. The van der Waals surface area contributed by atoms with Gasteiger partial charge >= 0.3 is 5.97 Å². The first-order chi connectivity index (χ1) is 6.75. The number of benzene rings is 1. The summed E-state index contributed by atoms with van der Waals surface area (Å²) >= 11 is 0. The predicted molar refractivity (Wildman–Crippen MR) is 51.8 cm³/mol. The molecule has 0 atom stereocenters. The second-order valence-electron chi connectivity index (χ2n) is 4.38. The van der Waals surface area contributed by atoms with Gasteiger partial charge in [-0.25, -0.2) is 0 Å². The number of carbonyl (C=O) groups is 1. The third kappa shape index (κ3) is 0.707. The second kappa shape index (κ2) is 2.19. The van der Waals surface area contributed by atoms with E-state index in [0.717, 1.165) is 12.8 Å². The lowest BCUT2D eigenvalue weighted by molar-refractivity contribution is -0.144. The first-order valence-electron chi connectivity index (χ1n) is 4.89. The van der Waals surface area contributed by atoms with Gasteiger partial charge in [0.2, 0.25) is 0 Å². The predicted octanol–water partition coefficient (Wildman–Crippen LogP) is 1.89. The maximum absolute atomic E-state index is 11.5. The molecular weight excluding hydrogens is 176 g/mol. The Bertz CT molecular complexity index is 388. The van der Waals surface area contributed by atoms with Crippen LogP contribution in [0.3, 0.4) is 0 Å². The molecule has 0 heterocycles. The third-order valence-electron chi connectivity index (χ3n) is 3.78. The van der Waals surface area contributed by atoms with Crippen LogP contribution in [0.5, 0.6) is 0 Å². The lowest BCUT2D eigenvalue weighted by Gasteiger charge is -2.00. The molecule has 3 rings (SSSR count). The monoisotopic (exact) mass is 188 g/mol. The van der Waals surface area contributed by atoms with E-state index >= 15 is 0 Å². The standard InChI is InChI=1S/C12H12O2/c1-14-10(13)12-7-11(12,8-12)9-5-3-2-4-6-9/h2-6H,7-8H2,1H3. The van der Waals surface area contributed by atoms with Gasteiger partial charge in [0.05, 0.1) is 12.5 Å². The summed E-state index contributed by atoms with van der Waals surface area (Å²) in [7, 11) is 1.48. The van der Waals surface area contributed by atoms with E-state index in [1.807, 2.05) is 18.2 Å². The summed E-state index contributed by atoms with van der Waals surface area (Å²) in [5, 5.41) is 0. The fraction of sp³-hybridized carbons (Fsp3) is 0.417. The highest BCUT2D eigenvalue weighted by atomic mass is 16.5. The van der Waals surface area contributed by atoms with Gasteiger partial charge in [-0.2, -0.15) is 0 Å². The fourth-order valence-electron chi connectivity index (χ4n) is 2.66. The molecule has 0 bridgehead atoms. The average Bonchev–Trinajstić information content (AvgIpc) is 3.04. The molecule has 72 valence electrons. The Labute approximate surface area is 82.9 Å². The Morgan fingerprint density at radius 1 is 1.29 bits per heavy atom. The van der Waals surface area contributed by atoms with Crippen molar-refractivity contribution in [3.8, 4) is 0 Å². The van der Waals surface area contributed by atoms with Crippen molar-refractivity contribution in [3.05, 3.63) is 35.9 Å². The van der Waals surface area contributed by atoms with Crippen molar-refractivity contribution in [2.24, 2.45) is 5.41 Å². The highest BCUT2D eigenvalue weighted by Gasteiger charge is 2.88. The van der Waals surface area contributed by atoms with Crippen LogP contribution in [-0.2, 0) is 14.9 Å². The van der Waals surface area contributed by atoms with Gasteiger partial charge in [-0.3, -0.25) is 4.79 Å². The number of fused-ring (bicyclic) bond motifs is 1. The Kier molecular flexibility index (Phi) is 1.26. The van der Waals surface area contributed by atoms with Crippen LogP contribution < -0.4 is 0 Å². The minimum absolute atomic E-state index is 0.0265. The summed E-state index contributed by atoms with van der Waals surface area (Å²) < 4.78 is 4.83. The molecule has 0 aliphatic heterocycles. The smallest absolute Gasteiger partial charge is 0.312 e. The van der Waals surface area contributed by atoms with Crippen LogP contribution in [-0.4, -0.2) is 13.1 Å². The van der Waals surface area contributed by atoms with Gasteiger partial charge in [0, 0.05) is 5.41 Å². The van der Waals surface area contributed by atoms with Gasteiger partial charge in [-0.1, -0.05) is 30.3 Å². The number of rotatable bonds is 2. The minimum Gasteiger partial charge on any atom is -0.469 e. The number of esters is 1. The maximum atomic E-state index is 11.5. The molecule has 2 aliphatic rings. The first-order valence-corrected chi connectivity index (χ1v) is 4.89. The van der Waals surface area contributed by atoms with Crippen molar-refractivity contribution in [1.29, 1.82) is 0 Å². The molecule has 14 heavy (non-hydrogen) atoms. The second-order valence-corrected chi connectivity index (χ2v) is 4.38. The summed E-state index contributed by atoms with van der Waals surface area (Å²) in [5.74, 6) is -0.0265. The maximum Gasteiger partial charge on any atom is 0.312 e. The molecular formula is C12H12O2. The van der Waals surface area contributed by atoms with E-state index in [0.29, 0.717) is 0 Å². The zero-order valence-electron chi connectivity index (χ0n) is 8.12. The van der Waals surface area contributed by atoms with Gasteiger partial charge in [0.25, 0.3) is 0 Å². The van der Waals surface area contributed by atoms with Crippen LogP contribution in [0, 0.1) is 5.41 Å². The van der Waals surface area contributed by atoms with E-state index in [2.05, 4.69) is 12.1 Å². The van der Waals surface area contributed by atoms with Crippen LogP contribution in [0.1, 0.15) is 18.4 Å². The van der Waals surface area contributed by atoms with Gasteiger partial charge in [-0.15, -0.1) is 0 Å². The lowest BCUT2D eigenvalue weighted by atomic mass is 10.0. The van der Waals surface area contributed by atoms with Gasteiger partial charge < -0.3 is 4.74 Å². The largest absolute Gasteiger partial charge is 0.469 e. The van der Waals surface area contributed by atoms with E-state index in [4.69, 9.17) is 4.74 Å². The van der Waals surface area contributed by atoms with Crippen LogP contribution in [0.15, 0.2) is 30.3 Å². The van der Waals surface area contributed by atoms with Crippen molar-refractivity contribution in [1.82, 2.24) is 0 Å². The van der Waals surface area contributed by atoms with Gasteiger partial charge in [0.15, 0.2) is 0 Å². The summed E-state index contributed by atoms with van der Waals surface area (Å²) in [5.41, 5.74) is 1.31. The highest BCUT2D eigenvalue weighted by molar-refractivity contribution is 5.90. The van der Waals surface area contributed by atoms with Crippen LogP contribution in [0.2, 0.25) is 0 Å². The van der Waals surface area contributed by atoms with E-state index in [9.17, 15) is 4.79 Å². The zero-order valence-corrected chi connectivity index (χ0v) is 8.12. The zero-order chi connectivity index (χ0) is 9.81. The van der Waals surface area contributed by atoms with Crippen molar-refractivity contribution >= 4 is 5.97 Å². The number of hydrogen-bond acceptors (Lipinski definition) is 2. The molecule has 0 unspecified atom stereocenters. The van der Waals surface area contributed by atoms with Crippen molar-refractivity contribution in [2.75, 3.05) is 7.11 Å². The summed E-state index contributed by atoms with van der Waals surface area (Å²) in [6.45, 7) is 0. The van der Waals surface area contributed by atoms with Crippen LogP contribution in [0.25, 0.3) is 0 Å². The van der Waals surface area contributed by atoms with E-state index in [1.54, 1.807) is 0 Å². The molecule has 2 saturated carbocycles. The number of ether oxygens (including phenoxy) is 1. The molecule has 0 spiro atoms. The Morgan fingerprint density at radius 3 is 2.50 bits per heavy atom. The molecule has 0 saturated heterocycles. The molecule has 1 aromatic carbocycles. The molecule has 2 heteroatoms. The molecule has 2 fully saturated rings. The average molecular weight is 188 g/mol. The van der Waals surface area contributed by atoms with Crippen molar-refractivity contribution in [3.63, 3.8) is 0 Å². The summed E-state index contributed by atoms with van der Waals surface area (Å²) in [4.78, 5) is 11.5. The van der Waals surface area contributed by atoms with Crippen LogP contribution in [0.4, 0.5) is 0 Å². The Morgan fingerprint density at radius 2 is 1.93 bits per heavy atom. The van der Waals surface area contributed by atoms with Gasteiger partial charge in [0.1, 0.15) is 0 Å². The normalized spacial score (nSPS) is 37.2. The fourth-order valence-corrected chi connectivity index (χ4v) is 2.66. The van der Waals surface area contributed by atoms with E-state index < -0.39 is 0 Å². The van der Waals surface area contributed by atoms with Gasteiger partial charge in [-0.05, 0) is 18.4 Å². The Hall–Kier alpha value is -1.31. The number of methoxy groups -OCH3 is 1. The molecule has 2 nitrogen and oxygen atoms in total. The molecule has 0 N–H and O–H groups in total. The summed E-state index contributed by atoms with van der Waals surface area (Å²) in [6, 6.07) is 10.3. The SMILES string of the molecule is COC(=O)C12CC1(c1ccccc1)C2. The molecule has 0 aromatic heterocycles. The first kappa shape index (κ1) is 8.04. The topological polar surface area (TPSA) is 26.3 Å². The van der Waals surface area contributed by atoms with Crippen molar-refractivity contribution in [2.45, 2.75) is 18.3 Å². The molecule has 2 aliphatic carbocycles. The van der Waals surface area contributed by atoms with Crippen molar-refractivity contribution < 1.29 is 9.53 Å². The van der Waals surface area contributed by atoms with E-state index in [1.165, 1.54) is 12.7 Å². The van der Waals surface area contributed by atoms with Crippen LogP contribution >= 0.6 is 0 Å². The summed E-state index contributed by atoms with van der Waals surface area (Å²) in [6.07, 6.45) is 1.97. The third-order valence-corrected chi connectivity index (χ3v) is 3.78. The number of carbonyl (C=O) groups excluding carboxylic acids is 1. The molecule has 0 amide bonds. The Balaban J connectivity index is 1.90. The lowest BCUT2D eigenvalue weighted by Crippen LogP contribution is -2.08. The number of hydrogen-bond donors (Lipinski definition) is 0. The quantitative estimate of drug-likeness (QED) is 0.662. The highest BCUT2D eigenvalue weighted by Crippen LogP contribution is 2.86. The minimum atomic E-state index is -0.136. The van der Waals surface area contributed by atoms with E-state index in [-0.39, 0.29) is 16.8 Å². The molecule has 0 radical (unpaired) electrons.